The number of carbonyl (C=O) groups excluding carboxylic acids is 3. The highest BCUT2D eigenvalue weighted by Gasteiger charge is 2.52. The van der Waals surface area contributed by atoms with Crippen molar-refractivity contribution in [2.75, 3.05) is 0 Å². The van der Waals surface area contributed by atoms with Crippen molar-refractivity contribution in [1.82, 2.24) is 0 Å². The fourth-order valence-corrected chi connectivity index (χ4v) is 5.09. The zero-order chi connectivity index (χ0) is 34.7. The molecular formula is C34H30O14. The highest BCUT2D eigenvalue weighted by Crippen LogP contribution is 2.38. The third-order valence-electron chi connectivity index (χ3n) is 7.17. The summed E-state index contributed by atoms with van der Waals surface area (Å²) in [6, 6.07) is 13.5. The maximum Gasteiger partial charge on any atom is 0.331 e. The second-order valence-corrected chi connectivity index (χ2v) is 10.8. The predicted molar refractivity (Wildman–Crippen MR) is 166 cm³/mol. The number of ether oxygens (including phenoxy) is 5. The number of benzene rings is 3. The molecule has 1 fully saturated rings. The summed E-state index contributed by atoms with van der Waals surface area (Å²) in [5.74, 6) is -4.38. The summed E-state index contributed by atoms with van der Waals surface area (Å²) in [7, 11) is 0. The molecule has 5 rings (SSSR count). The molecule has 4 aromatic rings. The molecule has 1 aliphatic rings. The van der Waals surface area contributed by atoms with Gasteiger partial charge in [0, 0.05) is 37.6 Å². The number of rotatable bonds is 8. The van der Waals surface area contributed by atoms with E-state index in [1.54, 1.807) is 12.1 Å². The van der Waals surface area contributed by atoms with Crippen LogP contribution in [0.2, 0.25) is 0 Å². The molecule has 0 radical (unpaired) electrons. The van der Waals surface area contributed by atoms with Crippen LogP contribution in [-0.2, 0) is 33.3 Å². The van der Waals surface area contributed by atoms with E-state index in [0.29, 0.717) is 5.56 Å². The maximum absolute atomic E-state index is 13.9. The molecule has 1 aliphatic heterocycles. The summed E-state index contributed by atoms with van der Waals surface area (Å²) < 4.78 is 34.5. The van der Waals surface area contributed by atoms with Crippen LogP contribution in [0.5, 0.6) is 28.7 Å². The summed E-state index contributed by atoms with van der Waals surface area (Å²) in [5, 5.41) is 39.5. The van der Waals surface area contributed by atoms with Crippen LogP contribution < -0.4 is 10.2 Å². The lowest BCUT2D eigenvalue weighted by Gasteiger charge is -2.43. The minimum Gasteiger partial charge on any atom is -0.508 e. The van der Waals surface area contributed by atoms with E-state index >= 15 is 0 Å². The first-order chi connectivity index (χ1) is 22.8. The lowest BCUT2D eigenvalue weighted by Crippen LogP contribution is -2.62. The van der Waals surface area contributed by atoms with E-state index in [4.69, 9.17) is 28.1 Å². The Balaban J connectivity index is 1.55. The van der Waals surface area contributed by atoms with Gasteiger partial charge in [0.05, 0.1) is 6.10 Å². The van der Waals surface area contributed by atoms with Crippen LogP contribution in [0.1, 0.15) is 26.3 Å². The second kappa shape index (κ2) is 13.8. The largest absolute Gasteiger partial charge is 0.508 e. The number of carbonyl (C=O) groups is 3. The Hall–Kier alpha value is -6.02. The van der Waals surface area contributed by atoms with Crippen molar-refractivity contribution in [1.29, 1.82) is 0 Å². The van der Waals surface area contributed by atoms with Crippen LogP contribution in [0.15, 0.2) is 76.0 Å². The van der Waals surface area contributed by atoms with Gasteiger partial charge in [-0.2, -0.15) is 0 Å². The van der Waals surface area contributed by atoms with Gasteiger partial charge < -0.3 is 48.5 Å². The lowest BCUT2D eigenvalue weighted by atomic mass is 9.98. The first-order valence-electron chi connectivity index (χ1n) is 14.5. The van der Waals surface area contributed by atoms with E-state index < -0.39 is 71.3 Å². The van der Waals surface area contributed by atoms with Crippen molar-refractivity contribution in [3.05, 3.63) is 82.5 Å². The zero-order valence-corrected chi connectivity index (χ0v) is 25.7. The molecule has 0 unspecified atom stereocenters. The van der Waals surface area contributed by atoms with E-state index in [-0.39, 0.29) is 33.8 Å². The maximum atomic E-state index is 13.9. The Kier molecular flexibility index (Phi) is 9.56. The fraction of sp³-hybridized carbons (Fsp3) is 0.235. The Labute approximate surface area is 271 Å². The van der Waals surface area contributed by atoms with Crippen molar-refractivity contribution in [3.63, 3.8) is 0 Å². The quantitative estimate of drug-likeness (QED) is 0.120. The Morgan fingerprint density at radius 3 is 2.00 bits per heavy atom. The van der Waals surface area contributed by atoms with Gasteiger partial charge in [-0.05, 0) is 55.0 Å². The number of aromatic hydroxyl groups is 4. The molecule has 0 amide bonds. The normalized spacial score (nSPS) is 20.7. The molecule has 0 saturated carbocycles. The molecule has 4 N–H and O–H groups in total. The van der Waals surface area contributed by atoms with E-state index in [1.165, 1.54) is 49.4 Å². The first-order valence-corrected chi connectivity index (χ1v) is 14.5. The lowest BCUT2D eigenvalue weighted by molar-refractivity contribution is -0.280. The molecule has 0 spiro atoms. The standard InChI is InChI=1S/C34H30O14/c1-16-29(47-26(41)13-6-19-4-9-21(37)10-5-19)32(44-17(2)35)33(45-18(3)36)34(43-16)48-31-28(42)27-24(40)14-23(39)15-25(27)46-30(31)20-7-11-22(38)12-8-20/h4-16,29,32-34,37-40H,1-3H3/b13-6+/t16-,29-,32-,33-,34-/m0/s1. The number of hydrogen-bond acceptors (Lipinski definition) is 14. The van der Waals surface area contributed by atoms with Crippen LogP contribution in [0.25, 0.3) is 28.4 Å². The van der Waals surface area contributed by atoms with Crippen molar-refractivity contribution < 1.29 is 62.9 Å². The molecule has 14 heteroatoms. The van der Waals surface area contributed by atoms with Gasteiger partial charge >= 0.3 is 17.9 Å². The molecule has 250 valence electrons. The van der Waals surface area contributed by atoms with Crippen LogP contribution in [0.3, 0.4) is 0 Å². The van der Waals surface area contributed by atoms with E-state index in [9.17, 15) is 39.6 Å². The van der Waals surface area contributed by atoms with E-state index in [2.05, 4.69) is 0 Å². The number of phenols is 4. The SMILES string of the molecule is CC(=O)O[C@@H]1[C@H](OC(C)=O)[C@H](Oc2c(-c3ccc(O)cc3)oc3cc(O)cc(O)c3c2=O)O[C@@H](C)[C@@H]1OC(=O)/C=C/c1ccc(O)cc1. The van der Waals surface area contributed by atoms with Crippen LogP contribution in [0.4, 0.5) is 0 Å². The molecule has 0 bridgehead atoms. The molecular weight excluding hydrogens is 632 g/mol. The summed E-state index contributed by atoms with van der Waals surface area (Å²) in [4.78, 5) is 51.3. The van der Waals surface area contributed by atoms with Crippen molar-refractivity contribution in [3.8, 4) is 40.1 Å². The monoisotopic (exact) mass is 662 g/mol. The minimum atomic E-state index is -1.67. The second-order valence-electron chi connectivity index (χ2n) is 10.8. The van der Waals surface area contributed by atoms with Gasteiger partial charge in [-0.1, -0.05) is 12.1 Å². The highest BCUT2D eigenvalue weighted by atomic mass is 16.7. The van der Waals surface area contributed by atoms with Crippen molar-refractivity contribution in [2.45, 2.75) is 51.5 Å². The van der Waals surface area contributed by atoms with Gasteiger partial charge in [0.15, 0.2) is 18.0 Å². The van der Waals surface area contributed by atoms with Gasteiger partial charge in [0.25, 0.3) is 0 Å². The number of hydrogen-bond donors (Lipinski definition) is 4. The average Bonchev–Trinajstić information content (AvgIpc) is 3.01. The number of esters is 3. The smallest absolute Gasteiger partial charge is 0.331 e. The topological polar surface area (TPSA) is 208 Å². The van der Waals surface area contributed by atoms with Crippen LogP contribution in [0, 0.1) is 0 Å². The summed E-state index contributed by atoms with van der Waals surface area (Å²) in [5.41, 5.74) is -0.319. The molecule has 2 heterocycles. The highest BCUT2D eigenvalue weighted by molar-refractivity contribution is 5.88. The molecule has 5 atom stereocenters. The van der Waals surface area contributed by atoms with Gasteiger partial charge in [0.1, 0.15) is 34.0 Å². The molecule has 1 saturated heterocycles. The fourth-order valence-electron chi connectivity index (χ4n) is 5.09. The predicted octanol–water partition coefficient (Wildman–Crippen LogP) is 3.89. The van der Waals surface area contributed by atoms with Gasteiger partial charge in [0.2, 0.25) is 23.6 Å². The summed E-state index contributed by atoms with van der Waals surface area (Å²) in [6.45, 7) is 3.62. The molecule has 14 nitrogen and oxygen atoms in total. The van der Waals surface area contributed by atoms with Crippen LogP contribution >= 0.6 is 0 Å². The Morgan fingerprint density at radius 2 is 1.38 bits per heavy atom. The van der Waals surface area contributed by atoms with Crippen LogP contribution in [-0.4, -0.2) is 69.0 Å². The van der Waals surface area contributed by atoms with Gasteiger partial charge in [-0.25, -0.2) is 4.79 Å². The number of phenolic OH excluding ortho intramolecular Hbond substituents is 4. The molecule has 3 aromatic carbocycles. The Bertz CT molecular complexity index is 1930. The first kappa shape index (κ1) is 33.3. The Morgan fingerprint density at radius 1 is 0.771 bits per heavy atom. The third-order valence-corrected chi connectivity index (χ3v) is 7.17. The zero-order valence-electron chi connectivity index (χ0n) is 25.7. The third kappa shape index (κ3) is 7.34. The molecule has 48 heavy (non-hydrogen) atoms. The van der Waals surface area contributed by atoms with E-state index in [1.807, 2.05) is 0 Å². The minimum absolute atomic E-state index is 0.0353. The van der Waals surface area contributed by atoms with E-state index in [0.717, 1.165) is 32.1 Å². The van der Waals surface area contributed by atoms with Crippen molar-refractivity contribution in [2.24, 2.45) is 0 Å². The molecule has 0 aliphatic carbocycles. The summed E-state index contributed by atoms with van der Waals surface area (Å²) in [6.07, 6.45) is -4.70. The average molecular weight is 663 g/mol. The summed E-state index contributed by atoms with van der Waals surface area (Å²) >= 11 is 0. The van der Waals surface area contributed by atoms with Gasteiger partial charge in [-0.15, -0.1) is 0 Å². The number of fused-ring (bicyclic) bond motifs is 1. The molecule has 1 aromatic heterocycles. The van der Waals surface area contributed by atoms with Crippen molar-refractivity contribution >= 4 is 35.0 Å². The van der Waals surface area contributed by atoms with Gasteiger partial charge in [-0.3, -0.25) is 14.4 Å².